The summed E-state index contributed by atoms with van der Waals surface area (Å²) >= 11 is 8.09. The molecule has 1 fully saturated rings. The third-order valence-electron chi connectivity index (χ3n) is 4.32. The first-order chi connectivity index (χ1) is 10.0. The van der Waals surface area contributed by atoms with Gasteiger partial charge < -0.3 is 9.47 Å². The smallest absolute Gasteiger partial charge is 0.138 e. The van der Waals surface area contributed by atoms with Crippen LogP contribution in [0.25, 0.3) is 11.0 Å². The van der Waals surface area contributed by atoms with Crippen LogP contribution in [0.15, 0.2) is 12.1 Å². The maximum Gasteiger partial charge on any atom is 0.138 e. The molecule has 0 amide bonds. The maximum atomic E-state index is 14.0. The van der Waals surface area contributed by atoms with Crippen molar-refractivity contribution in [3.63, 3.8) is 0 Å². The third-order valence-corrected chi connectivity index (χ3v) is 5.38. The topological polar surface area (TPSA) is 21.1 Å². The fraction of sp³-hybridized carbons (Fsp3) is 0.533. The lowest BCUT2D eigenvalue weighted by Gasteiger charge is -2.36. The summed E-state index contributed by atoms with van der Waals surface area (Å²) in [4.78, 5) is 6.95. The van der Waals surface area contributed by atoms with E-state index < -0.39 is 0 Å². The van der Waals surface area contributed by atoms with Crippen LogP contribution in [0.4, 0.5) is 4.39 Å². The van der Waals surface area contributed by atoms with E-state index in [2.05, 4.69) is 28.4 Å². The van der Waals surface area contributed by atoms with Crippen LogP contribution in [0.5, 0.6) is 0 Å². The molecule has 0 N–H and O–H groups in total. The van der Waals surface area contributed by atoms with Crippen molar-refractivity contribution in [3.05, 3.63) is 27.3 Å². The second-order valence-electron chi connectivity index (χ2n) is 5.88. The normalized spacial score (nSPS) is 23.9. The lowest BCUT2D eigenvalue weighted by molar-refractivity contribution is 0.160. The number of rotatable bonds is 2. The van der Waals surface area contributed by atoms with E-state index in [0.29, 0.717) is 21.4 Å². The van der Waals surface area contributed by atoms with Crippen molar-refractivity contribution < 1.29 is 4.39 Å². The van der Waals surface area contributed by atoms with Crippen molar-refractivity contribution in [2.24, 2.45) is 5.92 Å². The van der Waals surface area contributed by atoms with Crippen LogP contribution in [-0.2, 0) is 5.88 Å². The summed E-state index contributed by atoms with van der Waals surface area (Å²) < 4.78 is 16.7. The molecule has 21 heavy (non-hydrogen) atoms. The van der Waals surface area contributed by atoms with Gasteiger partial charge in [-0.15, -0.1) is 11.6 Å². The Kier molecular flexibility index (Phi) is 4.43. The molecule has 0 saturated carbocycles. The number of benzene rings is 1. The fourth-order valence-electron chi connectivity index (χ4n) is 3.33. The quantitative estimate of drug-likeness (QED) is 0.539. The van der Waals surface area contributed by atoms with Crippen LogP contribution < -0.4 is 0 Å². The number of halogens is 3. The van der Waals surface area contributed by atoms with E-state index in [4.69, 9.17) is 11.6 Å². The van der Waals surface area contributed by atoms with E-state index in [1.165, 1.54) is 0 Å². The summed E-state index contributed by atoms with van der Waals surface area (Å²) in [5.41, 5.74) is 1.70. The number of aromatic nitrogens is 2. The molecule has 0 radical (unpaired) electrons. The van der Waals surface area contributed by atoms with Gasteiger partial charge in [-0.1, -0.05) is 6.92 Å². The Labute approximate surface area is 142 Å². The van der Waals surface area contributed by atoms with Gasteiger partial charge in [0, 0.05) is 18.7 Å². The molecule has 1 aliphatic rings. The van der Waals surface area contributed by atoms with Gasteiger partial charge >= 0.3 is 0 Å². The van der Waals surface area contributed by atoms with E-state index in [9.17, 15) is 4.39 Å². The molecule has 6 heteroatoms. The Hall–Kier alpha value is -0.400. The van der Waals surface area contributed by atoms with Gasteiger partial charge in [0.15, 0.2) is 0 Å². The molecule has 2 heterocycles. The Morgan fingerprint density at radius 3 is 2.90 bits per heavy atom. The molecule has 114 valence electrons. The van der Waals surface area contributed by atoms with Crippen molar-refractivity contribution >= 4 is 45.2 Å². The van der Waals surface area contributed by atoms with Gasteiger partial charge in [-0.3, -0.25) is 0 Å². The molecule has 1 saturated heterocycles. The fourth-order valence-corrected chi connectivity index (χ4v) is 3.97. The van der Waals surface area contributed by atoms with Gasteiger partial charge in [-0.25, -0.2) is 9.37 Å². The summed E-state index contributed by atoms with van der Waals surface area (Å²) in [6.45, 7) is 4.33. The molecule has 2 atom stereocenters. The highest BCUT2D eigenvalue weighted by molar-refractivity contribution is 14.1. The van der Waals surface area contributed by atoms with E-state index >= 15 is 0 Å². The van der Waals surface area contributed by atoms with E-state index in [1.54, 1.807) is 12.1 Å². The number of nitrogens with zero attached hydrogens (tertiary/aromatic N) is 3. The van der Waals surface area contributed by atoms with Crippen molar-refractivity contribution in [1.29, 1.82) is 0 Å². The molecule has 1 aromatic carbocycles. The van der Waals surface area contributed by atoms with Crippen LogP contribution in [-0.4, -0.2) is 34.6 Å². The Morgan fingerprint density at radius 2 is 2.24 bits per heavy atom. The van der Waals surface area contributed by atoms with Crippen molar-refractivity contribution in [2.75, 3.05) is 20.1 Å². The molecular formula is C15H18ClFIN3. The first-order valence-corrected chi connectivity index (χ1v) is 8.73. The predicted molar refractivity (Wildman–Crippen MR) is 92.3 cm³/mol. The van der Waals surface area contributed by atoms with Crippen molar-refractivity contribution in [3.8, 4) is 0 Å². The standard InChI is InChI=1S/C15H18ClFIN3/c1-9-8-20(2)4-3-13(9)21-14-5-10(17)11(18)6-12(14)19-15(21)7-16/h5-6,9,13H,3-4,7-8H2,1-2H3. The van der Waals surface area contributed by atoms with Crippen molar-refractivity contribution in [2.45, 2.75) is 25.3 Å². The molecule has 2 aromatic rings. The van der Waals surface area contributed by atoms with E-state index in [1.807, 2.05) is 22.6 Å². The summed E-state index contributed by atoms with van der Waals surface area (Å²) in [6, 6.07) is 3.74. The van der Waals surface area contributed by atoms with Gasteiger partial charge in [0.25, 0.3) is 0 Å². The second-order valence-corrected chi connectivity index (χ2v) is 7.31. The predicted octanol–water partition coefficient (Wildman–Crippen LogP) is 4.03. The van der Waals surface area contributed by atoms with Crippen molar-refractivity contribution in [1.82, 2.24) is 14.5 Å². The molecule has 0 spiro atoms. The minimum atomic E-state index is -0.189. The van der Waals surface area contributed by atoms with Crippen LogP contribution in [0, 0.1) is 15.3 Å². The summed E-state index contributed by atoms with van der Waals surface area (Å²) in [5, 5.41) is 0. The first kappa shape index (κ1) is 15.5. The van der Waals surface area contributed by atoms with Gasteiger partial charge in [0.05, 0.1) is 20.5 Å². The zero-order valence-corrected chi connectivity index (χ0v) is 15.0. The molecule has 3 nitrogen and oxygen atoms in total. The number of piperidine rings is 1. The molecule has 2 unspecified atom stereocenters. The van der Waals surface area contributed by atoms with Gasteiger partial charge in [-0.2, -0.15) is 0 Å². The molecule has 0 bridgehead atoms. The van der Waals surface area contributed by atoms with Crippen LogP contribution >= 0.6 is 34.2 Å². The Balaban J connectivity index is 2.14. The molecule has 0 aliphatic carbocycles. The first-order valence-electron chi connectivity index (χ1n) is 7.11. The monoisotopic (exact) mass is 421 g/mol. The Bertz CT molecular complexity index is 672. The number of alkyl halides is 1. The second kappa shape index (κ2) is 6.01. The maximum absolute atomic E-state index is 14.0. The average Bonchev–Trinajstić information content (AvgIpc) is 2.77. The zero-order valence-electron chi connectivity index (χ0n) is 12.1. The number of likely N-dealkylation sites (tertiary alicyclic amines) is 1. The number of hydrogen-bond acceptors (Lipinski definition) is 2. The highest BCUT2D eigenvalue weighted by atomic mass is 127. The Morgan fingerprint density at radius 1 is 1.48 bits per heavy atom. The number of fused-ring (bicyclic) bond motifs is 1. The summed E-state index contributed by atoms with van der Waals surface area (Å²) in [5.74, 6) is 1.50. The third kappa shape index (κ3) is 2.80. The molecular weight excluding hydrogens is 404 g/mol. The van der Waals surface area contributed by atoms with E-state index in [0.717, 1.165) is 36.4 Å². The SMILES string of the molecule is CC1CN(C)CCC1n1c(CCl)nc2cc(I)c(F)cc21. The molecule has 1 aromatic heterocycles. The largest absolute Gasteiger partial charge is 0.323 e. The minimum absolute atomic E-state index is 0.189. The van der Waals surface area contributed by atoms with Gasteiger partial charge in [-0.05, 0) is 54.6 Å². The number of imidazole rings is 1. The minimum Gasteiger partial charge on any atom is -0.323 e. The molecule has 3 rings (SSSR count). The molecule has 1 aliphatic heterocycles. The highest BCUT2D eigenvalue weighted by Crippen LogP contribution is 2.33. The summed E-state index contributed by atoms with van der Waals surface area (Å²) in [7, 11) is 2.14. The van der Waals surface area contributed by atoms with Crippen LogP contribution in [0.3, 0.4) is 0 Å². The highest BCUT2D eigenvalue weighted by Gasteiger charge is 2.29. The summed E-state index contributed by atoms with van der Waals surface area (Å²) in [6.07, 6.45) is 1.04. The van der Waals surface area contributed by atoms with Crippen LogP contribution in [0.1, 0.15) is 25.2 Å². The van der Waals surface area contributed by atoms with Crippen LogP contribution in [0.2, 0.25) is 0 Å². The lowest BCUT2D eigenvalue weighted by atomic mass is 9.93. The van der Waals surface area contributed by atoms with Gasteiger partial charge in [0.1, 0.15) is 11.6 Å². The van der Waals surface area contributed by atoms with Gasteiger partial charge in [0.2, 0.25) is 0 Å². The average molecular weight is 422 g/mol. The van der Waals surface area contributed by atoms with E-state index in [-0.39, 0.29) is 5.82 Å². The number of hydrogen-bond donors (Lipinski definition) is 0. The lowest BCUT2D eigenvalue weighted by Crippen LogP contribution is -2.38. The zero-order chi connectivity index (χ0) is 15.1.